The molecule has 0 fully saturated rings. The maximum Gasteiger partial charge on any atom is 0.0327 e. The van der Waals surface area contributed by atoms with Crippen molar-refractivity contribution in [3.63, 3.8) is 0 Å². The zero-order valence-corrected chi connectivity index (χ0v) is 12.5. The third-order valence-corrected chi connectivity index (χ3v) is 3.96. The molecule has 17 heavy (non-hydrogen) atoms. The molecule has 0 aliphatic carbocycles. The molecule has 0 aliphatic rings. The first-order valence-electron chi connectivity index (χ1n) is 4.72. The Labute approximate surface area is 119 Å². The average molecular weight is 375 g/mol. The van der Waals surface area contributed by atoms with Gasteiger partial charge in [-0.2, -0.15) is 0 Å². The van der Waals surface area contributed by atoms with Gasteiger partial charge in [-0.15, -0.1) is 0 Å². The van der Waals surface area contributed by atoms with Gasteiger partial charge in [0.25, 0.3) is 0 Å². The largest absolute Gasteiger partial charge is 0.768 e. The third kappa shape index (κ3) is 3.04. The highest BCUT2D eigenvalue weighted by Crippen LogP contribution is 2.30. The molecule has 0 N–H and O–H groups in total. The Morgan fingerprint density at radius 2 is 1.71 bits per heavy atom. The van der Waals surface area contributed by atoms with Crippen LogP contribution >= 0.6 is 31.9 Å². The van der Waals surface area contributed by atoms with Crippen LogP contribution in [0.3, 0.4) is 0 Å². The fourth-order valence-corrected chi connectivity index (χ4v) is 2.82. The van der Waals surface area contributed by atoms with E-state index < -0.39 is 11.1 Å². The van der Waals surface area contributed by atoms with Crippen molar-refractivity contribution in [3.05, 3.63) is 51.4 Å². The first-order valence-corrected chi connectivity index (χ1v) is 7.39. The summed E-state index contributed by atoms with van der Waals surface area (Å²) in [5, 5.41) is 0. The van der Waals surface area contributed by atoms with Gasteiger partial charge >= 0.3 is 0 Å². The molecule has 5 heteroatoms. The van der Waals surface area contributed by atoms with Crippen molar-refractivity contribution in [2.24, 2.45) is 0 Å². The van der Waals surface area contributed by atoms with Crippen molar-refractivity contribution < 1.29 is 8.76 Å². The van der Waals surface area contributed by atoms with Crippen LogP contribution in [0.2, 0.25) is 0 Å². The van der Waals surface area contributed by atoms with Crippen LogP contribution in [0.5, 0.6) is 0 Å². The lowest BCUT2D eigenvalue weighted by molar-refractivity contribution is 0.537. The molecule has 88 valence electrons. The highest BCUT2D eigenvalue weighted by molar-refractivity contribution is 9.10. The maximum absolute atomic E-state index is 11.2. The van der Waals surface area contributed by atoms with Crippen LogP contribution < -0.4 is 0 Å². The Morgan fingerprint density at radius 3 is 2.35 bits per heavy atom. The third-order valence-electron chi connectivity index (χ3n) is 2.26. The topological polar surface area (TPSA) is 40.1 Å². The second kappa shape index (κ2) is 5.44. The number of benzene rings is 2. The van der Waals surface area contributed by atoms with Gasteiger partial charge in [-0.1, -0.05) is 44.0 Å². The maximum atomic E-state index is 11.2. The van der Waals surface area contributed by atoms with E-state index in [1.54, 1.807) is 18.2 Å². The predicted octanol–water partition coefficient (Wildman–Crippen LogP) is 4.12. The van der Waals surface area contributed by atoms with Crippen LogP contribution in [-0.4, -0.2) is 8.76 Å². The number of hydrogen-bond donors (Lipinski definition) is 0. The second-order valence-corrected chi connectivity index (χ2v) is 6.13. The number of rotatable bonds is 2. The van der Waals surface area contributed by atoms with Gasteiger partial charge in [0.15, 0.2) is 0 Å². The average Bonchev–Trinajstić information content (AvgIpc) is 2.28. The van der Waals surface area contributed by atoms with Crippen molar-refractivity contribution in [2.45, 2.75) is 4.90 Å². The Balaban J connectivity index is 2.65. The van der Waals surface area contributed by atoms with Crippen LogP contribution in [0.1, 0.15) is 0 Å². The van der Waals surface area contributed by atoms with E-state index in [-0.39, 0.29) is 0 Å². The van der Waals surface area contributed by atoms with Gasteiger partial charge in [-0.05, 0) is 52.5 Å². The van der Waals surface area contributed by atoms with Crippen LogP contribution in [0.25, 0.3) is 11.1 Å². The van der Waals surface area contributed by atoms with E-state index in [2.05, 4.69) is 31.9 Å². The molecule has 0 saturated heterocycles. The van der Waals surface area contributed by atoms with E-state index in [0.29, 0.717) is 10.5 Å². The molecular formula is C12H7Br2O2S-. The molecular weight excluding hydrogens is 368 g/mol. The molecule has 1 atom stereocenters. The lowest BCUT2D eigenvalue weighted by Gasteiger charge is -2.12. The van der Waals surface area contributed by atoms with Crippen molar-refractivity contribution in [2.75, 3.05) is 0 Å². The molecule has 2 rings (SSSR count). The highest BCUT2D eigenvalue weighted by atomic mass is 79.9. The van der Waals surface area contributed by atoms with Gasteiger partial charge in [-0.25, -0.2) is 0 Å². The van der Waals surface area contributed by atoms with Crippen molar-refractivity contribution in [1.82, 2.24) is 0 Å². The Bertz CT molecular complexity index is 584. The van der Waals surface area contributed by atoms with Gasteiger partial charge in [0, 0.05) is 13.8 Å². The van der Waals surface area contributed by atoms with Crippen molar-refractivity contribution >= 4 is 42.9 Å². The molecule has 0 radical (unpaired) electrons. The summed E-state index contributed by atoms with van der Waals surface area (Å²) in [5.74, 6) is 0. The fraction of sp³-hybridized carbons (Fsp3) is 0. The van der Waals surface area contributed by atoms with Crippen LogP contribution in [0.4, 0.5) is 0 Å². The number of halogens is 2. The molecule has 0 amide bonds. The van der Waals surface area contributed by atoms with Crippen LogP contribution in [0, 0.1) is 0 Å². The summed E-state index contributed by atoms with van der Waals surface area (Å²) >= 11 is 4.48. The zero-order valence-electron chi connectivity index (χ0n) is 8.52. The summed E-state index contributed by atoms with van der Waals surface area (Å²) in [4.78, 5) is 0.298. The van der Waals surface area contributed by atoms with Crippen molar-refractivity contribution in [1.29, 1.82) is 0 Å². The van der Waals surface area contributed by atoms with Gasteiger partial charge in [0.05, 0.1) is 0 Å². The van der Waals surface area contributed by atoms with Crippen LogP contribution in [0.15, 0.2) is 56.3 Å². The Hall–Kier alpha value is -0.490. The molecule has 2 nitrogen and oxygen atoms in total. The molecule has 0 aromatic heterocycles. The first-order chi connectivity index (χ1) is 8.08. The minimum absolute atomic E-state index is 0.298. The monoisotopic (exact) mass is 373 g/mol. The smallest absolute Gasteiger partial charge is 0.0327 e. The minimum Gasteiger partial charge on any atom is -0.768 e. The van der Waals surface area contributed by atoms with E-state index in [9.17, 15) is 8.76 Å². The van der Waals surface area contributed by atoms with E-state index >= 15 is 0 Å². The molecule has 0 aliphatic heterocycles. The van der Waals surface area contributed by atoms with Gasteiger partial charge < -0.3 is 4.55 Å². The summed E-state index contributed by atoms with van der Waals surface area (Å²) in [6.07, 6.45) is 0. The summed E-state index contributed by atoms with van der Waals surface area (Å²) in [5.41, 5.74) is 1.55. The van der Waals surface area contributed by atoms with E-state index in [1.807, 2.05) is 24.3 Å². The Morgan fingerprint density at radius 1 is 1.00 bits per heavy atom. The standard InChI is InChI=1S/C12H8Br2O2S/c13-9-3-1-2-8(6-9)11-7-10(14)4-5-12(11)17(15)16/h1-7H,(H,15,16)/p-1. The molecule has 2 aromatic carbocycles. The normalized spacial score (nSPS) is 12.4. The molecule has 2 aromatic rings. The second-order valence-electron chi connectivity index (χ2n) is 3.39. The van der Waals surface area contributed by atoms with Gasteiger partial charge in [0.2, 0.25) is 0 Å². The summed E-state index contributed by atoms with van der Waals surface area (Å²) < 4.78 is 24.1. The summed E-state index contributed by atoms with van der Waals surface area (Å²) in [6.45, 7) is 0. The summed E-state index contributed by atoms with van der Waals surface area (Å²) in [6, 6.07) is 12.6. The SMILES string of the molecule is O=S([O-])c1ccc(Br)cc1-c1cccc(Br)c1. The Kier molecular flexibility index (Phi) is 4.14. The van der Waals surface area contributed by atoms with E-state index in [4.69, 9.17) is 0 Å². The van der Waals surface area contributed by atoms with Crippen molar-refractivity contribution in [3.8, 4) is 11.1 Å². The quantitative estimate of drug-likeness (QED) is 0.742. The predicted molar refractivity (Wildman–Crippen MR) is 74.5 cm³/mol. The zero-order chi connectivity index (χ0) is 12.4. The molecule has 0 saturated carbocycles. The van der Waals surface area contributed by atoms with Gasteiger partial charge in [-0.3, -0.25) is 4.21 Å². The molecule has 0 heterocycles. The minimum atomic E-state index is -2.24. The van der Waals surface area contributed by atoms with Gasteiger partial charge in [0.1, 0.15) is 0 Å². The van der Waals surface area contributed by atoms with E-state index in [0.717, 1.165) is 14.5 Å². The lowest BCUT2D eigenvalue weighted by atomic mass is 10.1. The highest BCUT2D eigenvalue weighted by Gasteiger charge is 2.07. The lowest BCUT2D eigenvalue weighted by Crippen LogP contribution is -1.93. The number of hydrogen-bond acceptors (Lipinski definition) is 2. The fourth-order valence-electron chi connectivity index (χ4n) is 1.53. The first kappa shape index (κ1) is 13.0. The molecule has 1 unspecified atom stereocenters. The van der Waals surface area contributed by atoms with Crippen LogP contribution in [-0.2, 0) is 11.1 Å². The molecule has 0 spiro atoms. The summed E-state index contributed by atoms with van der Waals surface area (Å²) in [7, 11) is 0. The molecule has 0 bridgehead atoms. The van der Waals surface area contributed by atoms with E-state index in [1.165, 1.54) is 0 Å².